The smallest absolute Gasteiger partial charge is 0.338 e. The van der Waals surface area contributed by atoms with Crippen LogP contribution in [0.4, 0.5) is 4.39 Å². The molecule has 0 amide bonds. The van der Waals surface area contributed by atoms with Gasteiger partial charge in [0.25, 0.3) is 0 Å². The average molecular weight is 339 g/mol. The molecule has 0 aliphatic carbocycles. The van der Waals surface area contributed by atoms with Gasteiger partial charge in [0, 0.05) is 22.8 Å². The summed E-state index contributed by atoms with van der Waals surface area (Å²) >= 11 is 0. The Hall–Kier alpha value is -3.21. The van der Waals surface area contributed by atoms with Crippen LogP contribution in [0.15, 0.2) is 66.8 Å². The predicted octanol–water partition coefficient (Wildman–Crippen LogP) is 4.91. The first-order chi connectivity index (χ1) is 11.8. The van der Waals surface area contributed by atoms with E-state index in [0.29, 0.717) is 28.0 Å². The summed E-state index contributed by atoms with van der Waals surface area (Å²) in [5.41, 5.74) is 1.73. The molecule has 0 fully saturated rings. The zero-order valence-electron chi connectivity index (χ0n) is 14.1. The molecule has 0 heterocycles. The number of carbonyl (C=O) groups is 1. The van der Waals surface area contributed by atoms with E-state index in [-0.39, 0.29) is 11.6 Å². The minimum atomic E-state index is -0.514. The van der Waals surface area contributed by atoms with Crippen LogP contribution in [0.25, 0.3) is 11.1 Å². The van der Waals surface area contributed by atoms with Crippen molar-refractivity contribution in [3.63, 3.8) is 0 Å². The van der Waals surface area contributed by atoms with Crippen molar-refractivity contribution in [3.05, 3.63) is 72.6 Å². The Labute approximate surface area is 145 Å². The third kappa shape index (κ3) is 4.64. The Morgan fingerprint density at radius 3 is 2.08 bits per heavy atom. The van der Waals surface area contributed by atoms with Crippen LogP contribution in [0.2, 0.25) is 0 Å². The Balaban J connectivity index is 2.18. The number of ether oxygens (including phenoxy) is 2. The molecule has 1 N–H and O–H groups in total. The van der Waals surface area contributed by atoms with E-state index in [1.807, 2.05) is 0 Å². The third-order valence-electron chi connectivity index (χ3n) is 3.27. The van der Waals surface area contributed by atoms with Gasteiger partial charge in [-0.3, -0.25) is 5.41 Å². The van der Waals surface area contributed by atoms with Gasteiger partial charge in [-0.2, -0.15) is 0 Å². The second-order valence-corrected chi connectivity index (χ2v) is 5.55. The molecule has 0 unspecified atom stereocenters. The lowest BCUT2D eigenvalue weighted by molar-refractivity contribution is -0.130. The summed E-state index contributed by atoms with van der Waals surface area (Å²) in [4.78, 5) is 11.5. The highest BCUT2D eigenvalue weighted by Crippen LogP contribution is 2.28. The average Bonchev–Trinajstić information content (AvgIpc) is 2.55. The topological polar surface area (TPSA) is 59.4 Å². The number of hydrogen-bond acceptors (Lipinski definition) is 4. The second-order valence-electron chi connectivity index (χ2n) is 5.55. The highest BCUT2D eigenvalue weighted by atomic mass is 19.1. The molecule has 128 valence electrons. The lowest BCUT2D eigenvalue weighted by Crippen LogP contribution is -2.08. The van der Waals surface area contributed by atoms with Crippen molar-refractivity contribution in [2.45, 2.75) is 13.8 Å². The number of esters is 1. The van der Waals surface area contributed by atoms with Crippen molar-refractivity contribution in [3.8, 4) is 22.6 Å². The van der Waals surface area contributed by atoms with Gasteiger partial charge in [0.2, 0.25) is 5.90 Å². The quantitative estimate of drug-likeness (QED) is 0.277. The first kappa shape index (κ1) is 18.1. The van der Waals surface area contributed by atoms with Crippen LogP contribution in [-0.2, 0) is 4.79 Å². The second kappa shape index (κ2) is 7.57. The van der Waals surface area contributed by atoms with Crippen molar-refractivity contribution < 1.29 is 18.7 Å². The Morgan fingerprint density at radius 1 is 0.960 bits per heavy atom. The molecule has 0 aliphatic heterocycles. The van der Waals surface area contributed by atoms with Crippen molar-refractivity contribution in [2.24, 2.45) is 0 Å². The molecule has 0 spiro atoms. The van der Waals surface area contributed by atoms with Gasteiger partial charge in [-0.05, 0) is 43.7 Å². The lowest BCUT2D eigenvalue weighted by Gasteiger charge is -2.09. The van der Waals surface area contributed by atoms with Gasteiger partial charge in [0.15, 0.2) is 0 Å². The minimum Gasteiger partial charge on any atom is -0.439 e. The molecular weight excluding hydrogens is 321 g/mol. The van der Waals surface area contributed by atoms with Crippen LogP contribution < -0.4 is 9.47 Å². The molecule has 25 heavy (non-hydrogen) atoms. The number of carbonyl (C=O) groups excluding carboxylic acids is 1. The van der Waals surface area contributed by atoms with Gasteiger partial charge >= 0.3 is 5.97 Å². The molecule has 0 radical (unpaired) electrons. The zero-order valence-corrected chi connectivity index (χ0v) is 14.1. The van der Waals surface area contributed by atoms with Crippen molar-refractivity contribution in [1.29, 1.82) is 5.41 Å². The van der Waals surface area contributed by atoms with Crippen LogP contribution in [0.3, 0.4) is 0 Å². The number of rotatable bonds is 5. The molecule has 0 atom stereocenters. The molecule has 2 rings (SSSR count). The number of benzene rings is 2. The third-order valence-corrected chi connectivity index (χ3v) is 3.27. The lowest BCUT2D eigenvalue weighted by atomic mass is 10.0. The summed E-state index contributed by atoms with van der Waals surface area (Å²) in [6, 6.07) is 10.8. The van der Waals surface area contributed by atoms with E-state index < -0.39 is 11.8 Å². The van der Waals surface area contributed by atoms with E-state index in [2.05, 4.69) is 13.2 Å². The van der Waals surface area contributed by atoms with E-state index in [4.69, 9.17) is 14.9 Å². The van der Waals surface area contributed by atoms with Crippen LogP contribution in [0.5, 0.6) is 11.5 Å². The maximum atomic E-state index is 14.3. The van der Waals surface area contributed by atoms with Gasteiger partial charge in [0.1, 0.15) is 17.3 Å². The molecular formula is C20H18FNO3. The predicted molar refractivity (Wildman–Crippen MR) is 95.5 cm³/mol. The van der Waals surface area contributed by atoms with Gasteiger partial charge in [-0.1, -0.05) is 25.3 Å². The highest BCUT2D eigenvalue weighted by molar-refractivity contribution is 5.91. The van der Waals surface area contributed by atoms with Gasteiger partial charge in [0.05, 0.1) is 0 Å². The molecule has 0 aliphatic rings. The fourth-order valence-electron chi connectivity index (χ4n) is 1.90. The molecule has 5 heteroatoms. The number of hydrogen-bond donors (Lipinski definition) is 1. The summed E-state index contributed by atoms with van der Waals surface area (Å²) in [6.45, 7) is 10.3. The highest BCUT2D eigenvalue weighted by Gasteiger charge is 2.10. The standard InChI is InChI=1S/C20H18FNO3/c1-12(2)19(22)24-16-9-10-17(18(21)11-16)14-5-7-15(8-6-14)25-20(23)13(3)4/h5-11,22H,1,3H2,2,4H3. The fraction of sp³-hybridized carbons (Fsp3) is 0.100. The molecule has 0 bridgehead atoms. The summed E-state index contributed by atoms with van der Waals surface area (Å²) in [6.07, 6.45) is 0. The Kier molecular flexibility index (Phi) is 5.49. The molecule has 4 nitrogen and oxygen atoms in total. The zero-order chi connectivity index (χ0) is 18.6. The number of nitrogens with one attached hydrogen (secondary N) is 1. The normalized spacial score (nSPS) is 10.0. The monoisotopic (exact) mass is 339 g/mol. The van der Waals surface area contributed by atoms with Gasteiger partial charge in [-0.15, -0.1) is 0 Å². The van der Waals surface area contributed by atoms with E-state index in [0.717, 1.165) is 0 Å². The maximum absolute atomic E-state index is 14.3. The van der Waals surface area contributed by atoms with Gasteiger partial charge < -0.3 is 9.47 Å². The Bertz CT molecular complexity index is 854. The molecule has 0 saturated carbocycles. The maximum Gasteiger partial charge on any atom is 0.338 e. The number of halogens is 1. The van der Waals surface area contributed by atoms with Crippen molar-refractivity contribution >= 4 is 11.9 Å². The van der Waals surface area contributed by atoms with Crippen LogP contribution in [-0.4, -0.2) is 11.9 Å². The van der Waals surface area contributed by atoms with Crippen molar-refractivity contribution in [1.82, 2.24) is 0 Å². The van der Waals surface area contributed by atoms with E-state index in [1.165, 1.54) is 6.07 Å². The summed E-state index contributed by atoms with van der Waals surface area (Å²) < 4.78 is 24.6. The SMILES string of the molecule is C=C(C)C(=N)Oc1ccc(-c2ccc(OC(=O)C(=C)C)cc2)c(F)c1. The van der Waals surface area contributed by atoms with Crippen LogP contribution >= 0.6 is 0 Å². The summed E-state index contributed by atoms with van der Waals surface area (Å²) in [5, 5.41) is 7.59. The van der Waals surface area contributed by atoms with E-state index in [1.54, 1.807) is 50.2 Å². The Morgan fingerprint density at radius 2 is 1.56 bits per heavy atom. The van der Waals surface area contributed by atoms with E-state index in [9.17, 15) is 9.18 Å². The summed E-state index contributed by atoms with van der Waals surface area (Å²) in [7, 11) is 0. The fourth-order valence-corrected chi connectivity index (χ4v) is 1.90. The van der Waals surface area contributed by atoms with Crippen LogP contribution in [0, 0.1) is 11.2 Å². The minimum absolute atomic E-state index is 0.115. The molecule has 2 aromatic rings. The van der Waals surface area contributed by atoms with E-state index >= 15 is 0 Å². The largest absolute Gasteiger partial charge is 0.439 e. The molecule has 0 saturated heterocycles. The van der Waals surface area contributed by atoms with Crippen molar-refractivity contribution in [2.75, 3.05) is 0 Å². The first-order valence-corrected chi connectivity index (χ1v) is 7.48. The first-order valence-electron chi connectivity index (χ1n) is 7.48. The molecule has 2 aromatic carbocycles. The van der Waals surface area contributed by atoms with Gasteiger partial charge in [-0.25, -0.2) is 9.18 Å². The summed E-state index contributed by atoms with van der Waals surface area (Å²) in [5.74, 6) is -0.539. The van der Waals surface area contributed by atoms with Crippen LogP contribution in [0.1, 0.15) is 13.8 Å². The molecule has 0 aromatic heterocycles.